The smallest absolute Gasteiger partial charge is 0.462 e. The van der Waals surface area contributed by atoms with Crippen LogP contribution < -0.4 is 0 Å². The van der Waals surface area contributed by atoms with E-state index in [1.54, 1.807) is 0 Å². The molecule has 5 atom stereocenters. The van der Waals surface area contributed by atoms with Gasteiger partial charge < -0.3 is 33.8 Å². The molecule has 0 aromatic carbocycles. The van der Waals surface area contributed by atoms with Gasteiger partial charge in [-0.3, -0.25) is 37.3 Å². The summed E-state index contributed by atoms with van der Waals surface area (Å²) in [4.78, 5) is 72.4. The van der Waals surface area contributed by atoms with E-state index >= 15 is 0 Å². The highest BCUT2D eigenvalue weighted by Crippen LogP contribution is 2.45. The second-order valence-corrected chi connectivity index (χ2v) is 30.4. The predicted molar refractivity (Wildman–Crippen MR) is 382 cm³/mol. The second kappa shape index (κ2) is 68.2. The van der Waals surface area contributed by atoms with E-state index in [9.17, 15) is 43.2 Å². The highest BCUT2D eigenvalue weighted by atomic mass is 31.2. The lowest BCUT2D eigenvalue weighted by Gasteiger charge is -2.21. The quantitative estimate of drug-likeness (QED) is 0.0222. The number of rotatable bonds is 75. The van der Waals surface area contributed by atoms with Gasteiger partial charge in [0.25, 0.3) is 0 Å². The fraction of sp³-hybridized carbons (Fsp3) is 0.947. The van der Waals surface area contributed by atoms with Gasteiger partial charge in [-0.05, 0) is 31.6 Å². The van der Waals surface area contributed by atoms with E-state index in [1.165, 1.54) is 212 Å². The molecule has 17 nitrogen and oxygen atoms in total. The molecule has 0 aliphatic heterocycles. The van der Waals surface area contributed by atoms with Gasteiger partial charge in [0.1, 0.15) is 19.3 Å². The van der Waals surface area contributed by atoms with Gasteiger partial charge in [0, 0.05) is 25.7 Å². The number of esters is 4. The molecule has 3 N–H and O–H groups in total. The Balaban J connectivity index is 5.09. The van der Waals surface area contributed by atoms with Crippen LogP contribution in [0.4, 0.5) is 0 Å². The lowest BCUT2D eigenvalue weighted by Crippen LogP contribution is -2.30. The van der Waals surface area contributed by atoms with Crippen LogP contribution in [-0.2, 0) is 65.4 Å². The number of ether oxygens (including phenoxy) is 4. The van der Waals surface area contributed by atoms with Crippen LogP contribution in [0.3, 0.4) is 0 Å². The molecule has 0 aliphatic rings. The van der Waals surface area contributed by atoms with Gasteiger partial charge in [-0.25, -0.2) is 9.13 Å². The third kappa shape index (κ3) is 68.6. The maximum absolute atomic E-state index is 13.1. The monoisotopic (exact) mass is 1380 g/mol. The Kier molecular flexibility index (Phi) is 66.8. The van der Waals surface area contributed by atoms with Crippen molar-refractivity contribution in [3.05, 3.63) is 0 Å². The van der Waals surface area contributed by atoms with E-state index < -0.39 is 97.5 Å². The van der Waals surface area contributed by atoms with Crippen molar-refractivity contribution in [1.29, 1.82) is 0 Å². The van der Waals surface area contributed by atoms with Crippen LogP contribution in [0.15, 0.2) is 0 Å². The Morgan fingerprint density at radius 1 is 0.287 bits per heavy atom. The van der Waals surface area contributed by atoms with Crippen LogP contribution >= 0.6 is 15.6 Å². The van der Waals surface area contributed by atoms with Gasteiger partial charge in [-0.2, -0.15) is 0 Å². The number of carbonyl (C=O) groups is 4. The Morgan fingerprint density at radius 3 is 0.723 bits per heavy atom. The summed E-state index contributed by atoms with van der Waals surface area (Å²) >= 11 is 0. The first kappa shape index (κ1) is 92.1. The summed E-state index contributed by atoms with van der Waals surface area (Å²) in [6, 6.07) is 0. The van der Waals surface area contributed by atoms with Crippen LogP contribution in [0.2, 0.25) is 0 Å². The molecule has 94 heavy (non-hydrogen) atoms. The minimum Gasteiger partial charge on any atom is -0.462 e. The number of hydrogen-bond donors (Lipinski definition) is 3. The second-order valence-electron chi connectivity index (χ2n) is 27.5. The van der Waals surface area contributed by atoms with E-state index in [0.29, 0.717) is 25.7 Å². The number of aliphatic hydroxyl groups excluding tert-OH is 1. The van der Waals surface area contributed by atoms with E-state index in [1.807, 2.05) is 0 Å². The van der Waals surface area contributed by atoms with Crippen LogP contribution in [0.5, 0.6) is 0 Å². The van der Waals surface area contributed by atoms with Crippen molar-refractivity contribution >= 4 is 39.5 Å². The van der Waals surface area contributed by atoms with E-state index in [-0.39, 0.29) is 25.7 Å². The molecule has 0 radical (unpaired) electrons. The Bertz CT molecular complexity index is 1810. The molecule has 558 valence electrons. The summed E-state index contributed by atoms with van der Waals surface area (Å²) in [5.74, 6) is -1.31. The predicted octanol–water partition coefficient (Wildman–Crippen LogP) is 22.1. The largest absolute Gasteiger partial charge is 0.472 e. The first-order chi connectivity index (χ1) is 45.5. The van der Waals surface area contributed by atoms with E-state index in [2.05, 4.69) is 34.6 Å². The lowest BCUT2D eigenvalue weighted by molar-refractivity contribution is -0.161. The van der Waals surface area contributed by atoms with Gasteiger partial charge in [0.05, 0.1) is 26.4 Å². The molecular formula is C75H146O17P2. The van der Waals surface area contributed by atoms with Crippen molar-refractivity contribution in [2.75, 3.05) is 39.6 Å². The standard InChI is InChI=1S/C75H146O17P2/c1-6-9-12-15-17-19-20-21-22-23-24-28-31-34-37-41-44-49-54-59-73(78)86-65-71(92-75(80)61-56-51-46-42-38-35-32-29-26-25-27-30-33-36-40-43-48-52-57-68(4)5)67-90-94(83,84)88-63-69(76)62-87-93(81,82)89-66-70(64-85-72(77)58-53-47-14-11-8-3)91-74(79)60-55-50-45-39-18-16-13-10-7-2/h68-71,76H,6-67H2,1-5H3,(H,81,82)(H,83,84)/t69-,70+,71+/m0/s1. The van der Waals surface area contributed by atoms with Gasteiger partial charge in [0.15, 0.2) is 12.2 Å². The van der Waals surface area contributed by atoms with Crippen molar-refractivity contribution in [3.63, 3.8) is 0 Å². The third-order valence-electron chi connectivity index (χ3n) is 17.5. The summed E-state index contributed by atoms with van der Waals surface area (Å²) in [6.45, 7) is 7.21. The third-order valence-corrected chi connectivity index (χ3v) is 19.4. The zero-order valence-electron chi connectivity index (χ0n) is 61.1. The molecule has 0 rings (SSSR count). The first-order valence-electron chi connectivity index (χ1n) is 39.1. The maximum Gasteiger partial charge on any atom is 0.472 e. The molecule has 0 fully saturated rings. The molecule has 0 bridgehead atoms. The normalized spacial score (nSPS) is 14.0. The summed E-state index contributed by atoms with van der Waals surface area (Å²) < 4.78 is 68.2. The number of hydrogen-bond acceptors (Lipinski definition) is 15. The fourth-order valence-electron chi connectivity index (χ4n) is 11.5. The molecule has 0 aromatic heterocycles. The topological polar surface area (TPSA) is 237 Å². The van der Waals surface area contributed by atoms with E-state index in [0.717, 1.165) is 102 Å². The average Bonchev–Trinajstić information content (AvgIpc) is 1.91. The van der Waals surface area contributed by atoms with Gasteiger partial charge in [-0.1, -0.05) is 343 Å². The molecule has 0 amide bonds. The molecule has 0 saturated carbocycles. The maximum atomic E-state index is 13.1. The first-order valence-corrected chi connectivity index (χ1v) is 42.1. The molecule has 0 aromatic rings. The lowest BCUT2D eigenvalue weighted by atomic mass is 10.0. The minimum atomic E-state index is -4.95. The van der Waals surface area contributed by atoms with Crippen molar-refractivity contribution < 1.29 is 80.2 Å². The average molecular weight is 1380 g/mol. The van der Waals surface area contributed by atoms with Crippen LogP contribution in [0.25, 0.3) is 0 Å². The van der Waals surface area contributed by atoms with Crippen molar-refractivity contribution in [2.24, 2.45) is 5.92 Å². The Labute approximate surface area is 575 Å². The highest BCUT2D eigenvalue weighted by Gasteiger charge is 2.30. The zero-order valence-corrected chi connectivity index (χ0v) is 62.9. The van der Waals surface area contributed by atoms with Crippen LogP contribution in [0.1, 0.15) is 394 Å². The van der Waals surface area contributed by atoms with E-state index in [4.69, 9.17) is 37.0 Å². The van der Waals surface area contributed by atoms with Gasteiger partial charge >= 0.3 is 39.5 Å². The minimum absolute atomic E-state index is 0.105. The van der Waals surface area contributed by atoms with Crippen molar-refractivity contribution in [2.45, 2.75) is 412 Å². The summed E-state index contributed by atoms with van der Waals surface area (Å²) in [6.07, 6.45) is 57.5. The Hall–Kier alpha value is -1.94. The Morgan fingerprint density at radius 2 is 0.489 bits per heavy atom. The van der Waals surface area contributed by atoms with Crippen molar-refractivity contribution in [1.82, 2.24) is 0 Å². The molecular weight excluding hydrogens is 1230 g/mol. The number of phosphoric ester groups is 2. The van der Waals surface area contributed by atoms with Gasteiger partial charge in [0.2, 0.25) is 0 Å². The number of unbranched alkanes of at least 4 members (excludes halogenated alkanes) is 47. The van der Waals surface area contributed by atoms with Crippen LogP contribution in [0, 0.1) is 5.92 Å². The molecule has 0 heterocycles. The molecule has 0 aliphatic carbocycles. The molecule has 2 unspecified atom stereocenters. The fourth-order valence-corrected chi connectivity index (χ4v) is 13.1. The molecule has 0 saturated heterocycles. The summed E-state index contributed by atoms with van der Waals surface area (Å²) in [5, 5.41) is 10.6. The summed E-state index contributed by atoms with van der Waals surface area (Å²) in [7, 11) is -9.89. The summed E-state index contributed by atoms with van der Waals surface area (Å²) in [5.41, 5.74) is 0. The SMILES string of the molecule is CCCCCCCCCCCCCCCCCCCCCC(=O)OC[C@H](COP(=O)(O)OC[C@@H](O)COP(=O)(O)OC[C@@H](COC(=O)CCCCCCC)OC(=O)CCCCCCCCCCC)OC(=O)CCCCCCCCCCCCCCCCCCCCC(C)C. The molecule has 19 heteroatoms. The molecule has 0 spiro atoms. The zero-order chi connectivity index (χ0) is 69.1. The number of phosphoric acid groups is 2. The van der Waals surface area contributed by atoms with Gasteiger partial charge in [-0.15, -0.1) is 0 Å². The van der Waals surface area contributed by atoms with Crippen molar-refractivity contribution in [3.8, 4) is 0 Å². The van der Waals surface area contributed by atoms with Crippen LogP contribution in [-0.4, -0.2) is 96.7 Å². The highest BCUT2D eigenvalue weighted by molar-refractivity contribution is 7.47. The number of aliphatic hydroxyl groups is 1. The number of carbonyl (C=O) groups excluding carboxylic acids is 4.